The summed E-state index contributed by atoms with van der Waals surface area (Å²) >= 11 is 0. The third-order valence-corrected chi connectivity index (χ3v) is 4.57. The second-order valence-electron chi connectivity index (χ2n) is 4.94. The van der Waals surface area contributed by atoms with Gasteiger partial charge in [0.05, 0.1) is 4.90 Å². The van der Waals surface area contributed by atoms with E-state index in [1.54, 1.807) is 24.3 Å². The van der Waals surface area contributed by atoms with Crippen molar-refractivity contribution in [2.45, 2.75) is 4.90 Å². The van der Waals surface area contributed by atoms with Crippen LogP contribution in [0.4, 0.5) is 0 Å². The first-order valence-electron chi connectivity index (χ1n) is 7.41. The van der Waals surface area contributed by atoms with E-state index in [9.17, 15) is 13.2 Å². The highest BCUT2D eigenvalue weighted by Crippen LogP contribution is 2.13. The van der Waals surface area contributed by atoms with Crippen LogP contribution in [0, 0.1) is 0 Å². The number of benzene rings is 2. The molecular weight excluding hydrogens is 344 g/mol. The number of hydrogen-bond donors (Lipinski definition) is 3. The van der Waals surface area contributed by atoms with Crippen LogP contribution in [-0.4, -0.2) is 32.7 Å². The van der Waals surface area contributed by atoms with Crippen LogP contribution in [-0.2, 0) is 14.8 Å². The van der Waals surface area contributed by atoms with E-state index in [0.29, 0.717) is 11.3 Å². The number of hydroxylamine groups is 1. The Morgan fingerprint density at radius 1 is 1.12 bits per heavy atom. The summed E-state index contributed by atoms with van der Waals surface area (Å²) in [6.45, 7) is 0.309. The first-order chi connectivity index (χ1) is 12.0. The molecule has 0 atom stereocenters. The largest absolute Gasteiger partial charge is 0.492 e. The lowest BCUT2D eigenvalue weighted by Crippen LogP contribution is -2.28. The third kappa shape index (κ3) is 6.03. The van der Waals surface area contributed by atoms with Gasteiger partial charge in [0.15, 0.2) is 0 Å². The van der Waals surface area contributed by atoms with Crippen molar-refractivity contribution in [2.75, 3.05) is 13.2 Å². The van der Waals surface area contributed by atoms with Crippen LogP contribution >= 0.6 is 0 Å². The Kier molecular flexibility index (Phi) is 6.70. The molecule has 1 amide bonds. The zero-order valence-corrected chi connectivity index (χ0v) is 14.1. The summed E-state index contributed by atoms with van der Waals surface area (Å²) in [7, 11) is -3.70. The molecule has 0 bridgehead atoms. The van der Waals surface area contributed by atoms with Crippen molar-refractivity contribution in [3.63, 3.8) is 0 Å². The number of sulfonamides is 1. The van der Waals surface area contributed by atoms with E-state index >= 15 is 0 Å². The summed E-state index contributed by atoms with van der Waals surface area (Å²) in [5, 5.41) is 8.43. The number of hydrogen-bond acceptors (Lipinski definition) is 5. The van der Waals surface area contributed by atoms with Crippen LogP contribution in [0.15, 0.2) is 65.6 Å². The number of carbonyl (C=O) groups excluding carboxylic acids is 1. The summed E-state index contributed by atoms with van der Waals surface area (Å²) in [4.78, 5) is 11.0. The predicted molar refractivity (Wildman–Crippen MR) is 92.5 cm³/mol. The van der Waals surface area contributed by atoms with Crippen molar-refractivity contribution in [3.8, 4) is 5.75 Å². The van der Waals surface area contributed by atoms with Gasteiger partial charge in [-0.3, -0.25) is 10.0 Å². The SMILES string of the molecule is O=C(/C=C/c1cccc(S(=O)(=O)NCCOc2ccccc2)c1)NO. The zero-order chi connectivity index (χ0) is 18.1. The van der Waals surface area contributed by atoms with Crippen LogP contribution in [0.3, 0.4) is 0 Å². The quantitative estimate of drug-likeness (QED) is 0.286. The van der Waals surface area contributed by atoms with Crippen molar-refractivity contribution in [2.24, 2.45) is 0 Å². The first-order valence-corrected chi connectivity index (χ1v) is 8.89. The Labute approximate surface area is 146 Å². The maximum absolute atomic E-state index is 12.3. The van der Waals surface area contributed by atoms with Gasteiger partial charge in [-0.05, 0) is 35.9 Å². The summed E-state index contributed by atoms with van der Waals surface area (Å²) in [6, 6.07) is 15.2. The van der Waals surface area contributed by atoms with Gasteiger partial charge in [0.25, 0.3) is 5.91 Å². The Hall–Kier alpha value is -2.68. The van der Waals surface area contributed by atoms with E-state index in [4.69, 9.17) is 9.94 Å². The van der Waals surface area contributed by atoms with Gasteiger partial charge in [-0.1, -0.05) is 30.3 Å². The molecule has 0 unspecified atom stereocenters. The second-order valence-corrected chi connectivity index (χ2v) is 6.71. The van der Waals surface area contributed by atoms with Gasteiger partial charge < -0.3 is 4.74 Å². The molecule has 0 aliphatic heterocycles. The van der Waals surface area contributed by atoms with Crippen molar-refractivity contribution >= 4 is 22.0 Å². The highest BCUT2D eigenvalue weighted by Gasteiger charge is 2.13. The highest BCUT2D eigenvalue weighted by atomic mass is 32.2. The topological polar surface area (TPSA) is 105 Å². The molecule has 2 aromatic carbocycles. The Morgan fingerprint density at radius 2 is 1.88 bits per heavy atom. The van der Waals surface area contributed by atoms with E-state index in [0.717, 1.165) is 6.08 Å². The van der Waals surface area contributed by atoms with Gasteiger partial charge >= 0.3 is 0 Å². The van der Waals surface area contributed by atoms with Gasteiger partial charge in [0.1, 0.15) is 12.4 Å². The molecule has 0 aliphatic rings. The average molecular weight is 362 g/mol. The van der Waals surface area contributed by atoms with Crippen LogP contribution < -0.4 is 14.9 Å². The van der Waals surface area contributed by atoms with E-state index < -0.39 is 15.9 Å². The Bertz CT molecular complexity index is 835. The molecule has 2 aromatic rings. The van der Waals surface area contributed by atoms with Crippen LogP contribution in [0.5, 0.6) is 5.75 Å². The summed E-state index contributed by atoms with van der Waals surface area (Å²) in [5.41, 5.74) is 1.96. The average Bonchev–Trinajstić information content (AvgIpc) is 2.64. The Balaban J connectivity index is 1.94. The lowest BCUT2D eigenvalue weighted by molar-refractivity contribution is -0.124. The number of carbonyl (C=O) groups is 1. The lowest BCUT2D eigenvalue weighted by Gasteiger charge is -2.09. The fraction of sp³-hybridized carbons (Fsp3) is 0.118. The predicted octanol–water partition coefficient (Wildman–Crippen LogP) is 1.56. The molecule has 0 heterocycles. The maximum Gasteiger partial charge on any atom is 0.267 e. The Morgan fingerprint density at radius 3 is 2.60 bits per heavy atom. The van der Waals surface area contributed by atoms with Crippen molar-refractivity contribution in [1.29, 1.82) is 0 Å². The van der Waals surface area contributed by atoms with E-state index in [2.05, 4.69) is 4.72 Å². The maximum atomic E-state index is 12.3. The van der Waals surface area contributed by atoms with E-state index in [-0.39, 0.29) is 18.0 Å². The molecule has 0 saturated carbocycles. The van der Waals surface area contributed by atoms with Gasteiger partial charge in [-0.15, -0.1) is 0 Å². The summed E-state index contributed by atoms with van der Waals surface area (Å²) in [5.74, 6) is -0.0413. The molecule has 7 nitrogen and oxygen atoms in total. The number of ether oxygens (including phenoxy) is 1. The lowest BCUT2D eigenvalue weighted by atomic mass is 10.2. The molecule has 0 spiro atoms. The van der Waals surface area contributed by atoms with Crippen LogP contribution in [0.1, 0.15) is 5.56 Å². The molecule has 0 radical (unpaired) electrons. The molecule has 132 valence electrons. The molecular formula is C17H18N2O5S. The normalized spacial score (nSPS) is 11.4. The minimum absolute atomic E-state index is 0.0683. The summed E-state index contributed by atoms with van der Waals surface area (Å²) in [6.07, 6.45) is 2.48. The molecule has 0 saturated heterocycles. The fourth-order valence-corrected chi connectivity index (χ4v) is 3.01. The van der Waals surface area contributed by atoms with E-state index in [1.807, 2.05) is 18.2 Å². The van der Waals surface area contributed by atoms with E-state index in [1.165, 1.54) is 23.7 Å². The summed E-state index contributed by atoms with van der Waals surface area (Å²) < 4.78 is 32.4. The van der Waals surface area contributed by atoms with Crippen molar-refractivity contribution in [3.05, 3.63) is 66.2 Å². The molecule has 0 fully saturated rings. The smallest absolute Gasteiger partial charge is 0.267 e. The van der Waals surface area contributed by atoms with Gasteiger partial charge in [-0.2, -0.15) is 0 Å². The zero-order valence-electron chi connectivity index (χ0n) is 13.3. The number of nitrogens with one attached hydrogen (secondary N) is 2. The number of amides is 1. The number of rotatable bonds is 8. The van der Waals surface area contributed by atoms with Gasteiger partial charge in [0, 0.05) is 12.6 Å². The third-order valence-electron chi connectivity index (χ3n) is 3.11. The van der Waals surface area contributed by atoms with Crippen molar-refractivity contribution < 1.29 is 23.2 Å². The minimum atomic E-state index is -3.70. The molecule has 3 N–H and O–H groups in total. The molecule has 25 heavy (non-hydrogen) atoms. The highest BCUT2D eigenvalue weighted by molar-refractivity contribution is 7.89. The monoisotopic (exact) mass is 362 g/mol. The number of para-hydroxylation sites is 1. The fourth-order valence-electron chi connectivity index (χ4n) is 1.94. The van der Waals surface area contributed by atoms with Crippen LogP contribution in [0.25, 0.3) is 6.08 Å². The standard InChI is InChI=1S/C17H18N2O5S/c20-17(19-21)10-9-14-5-4-8-16(13-14)25(22,23)18-11-12-24-15-6-2-1-3-7-15/h1-10,13,18,21H,11-12H2,(H,19,20)/b10-9+. The second kappa shape index (κ2) is 8.97. The molecule has 0 aromatic heterocycles. The van der Waals surface area contributed by atoms with Gasteiger partial charge in [0.2, 0.25) is 10.0 Å². The van der Waals surface area contributed by atoms with Crippen molar-refractivity contribution in [1.82, 2.24) is 10.2 Å². The molecule has 8 heteroatoms. The van der Waals surface area contributed by atoms with Gasteiger partial charge in [-0.25, -0.2) is 18.6 Å². The minimum Gasteiger partial charge on any atom is -0.492 e. The molecule has 0 aliphatic carbocycles. The van der Waals surface area contributed by atoms with Crippen LogP contribution in [0.2, 0.25) is 0 Å². The molecule has 2 rings (SSSR count). The first kappa shape index (κ1) is 18.7.